The summed E-state index contributed by atoms with van der Waals surface area (Å²) >= 11 is 0. The number of pyridine rings is 1. The first-order chi connectivity index (χ1) is 15.5. The normalized spacial score (nSPS) is 10.7. The molecule has 0 spiro atoms. The first-order valence-corrected chi connectivity index (χ1v) is 10.5. The van der Waals surface area contributed by atoms with Crippen LogP contribution in [0.25, 0.3) is 10.9 Å². The molecule has 0 aliphatic rings. The van der Waals surface area contributed by atoms with Crippen molar-refractivity contribution in [3.63, 3.8) is 0 Å². The second-order valence-electron chi connectivity index (χ2n) is 7.75. The van der Waals surface area contributed by atoms with Gasteiger partial charge in [0.2, 0.25) is 0 Å². The molecule has 0 atom stereocenters. The molecular formula is C27H26N2O3. The van der Waals surface area contributed by atoms with Gasteiger partial charge in [-0.25, -0.2) is 9.78 Å². The maximum absolute atomic E-state index is 12.2. The fourth-order valence-electron chi connectivity index (χ4n) is 3.76. The molecule has 0 bridgehead atoms. The molecule has 1 heterocycles. The van der Waals surface area contributed by atoms with E-state index in [1.807, 2.05) is 74.6 Å². The summed E-state index contributed by atoms with van der Waals surface area (Å²) in [6.45, 7) is 2.88. The quantitative estimate of drug-likeness (QED) is 0.363. The molecule has 32 heavy (non-hydrogen) atoms. The lowest BCUT2D eigenvalue weighted by molar-refractivity contribution is 0.0597. The fraction of sp³-hybridized carbons (Fsp3) is 0.185. The molecule has 0 aliphatic carbocycles. The Morgan fingerprint density at radius 1 is 0.969 bits per heavy atom. The van der Waals surface area contributed by atoms with Gasteiger partial charge in [0.25, 0.3) is 0 Å². The maximum atomic E-state index is 12.2. The number of aromatic nitrogens is 1. The van der Waals surface area contributed by atoms with Crippen LogP contribution in [0.4, 0.5) is 5.82 Å². The van der Waals surface area contributed by atoms with E-state index in [0.29, 0.717) is 12.1 Å². The molecule has 0 amide bonds. The smallest absolute Gasteiger partial charge is 0.338 e. The number of carbonyl (C=O) groups excluding carboxylic acids is 1. The van der Waals surface area contributed by atoms with Crippen molar-refractivity contribution in [2.24, 2.45) is 0 Å². The van der Waals surface area contributed by atoms with Crippen molar-refractivity contribution in [1.29, 1.82) is 0 Å². The monoisotopic (exact) mass is 426 g/mol. The number of esters is 1. The van der Waals surface area contributed by atoms with Gasteiger partial charge in [0, 0.05) is 24.5 Å². The summed E-state index contributed by atoms with van der Waals surface area (Å²) in [5, 5.41) is 1.13. The first kappa shape index (κ1) is 21.4. The lowest BCUT2D eigenvalue weighted by atomic mass is 10.0. The van der Waals surface area contributed by atoms with Gasteiger partial charge in [0.1, 0.15) is 18.2 Å². The van der Waals surface area contributed by atoms with Crippen LogP contribution < -0.4 is 9.64 Å². The number of rotatable bonds is 7. The highest BCUT2D eigenvalue weighted by atomic mass is 16.5. The Balaban J connectivity index is 1.47. The predicted octanol–water partition coefficient (Wildman–Crippen LogP) is 5.55. The zero-order valence-electron chi connectivity index (χ0n) is 18.5. The summed E-state index contributed by atoms with van der Waals surface area (Å²) in [5.74, 6) is 1.32. The average Bonchev–Trinajstić information content (AvgIpc) is 2.82. The van der Waals surface area contributed by atoms with Crippen molar-refractivity contribution in [1.82, 2.24) is 4.98 Å². The van der Waals surface area contributed by atoms with Crippen molar-refractivity contribution in [2.45, 2.75) is 20.1 Å². The molecule has 0 saturated heterocycles. The molecule has 0 fully saturated rings. The Labute approximate surface area is 188 Å². The highest BCUT2D eigenvalue weighted by Crippen LogP contribution is 2.22. The molecule has 5 nitrogen and oxygen atoms in total. The third kappa shape index (κ3) is 4.72. The minimum absolute atomic E-state index is 0.289. The van der Waals surface area contributed by atoms with Crippen LogP contribution in [-0.4, -0.2) is 25.1 Å². The van der Waals surface area contributed by atoms with Crippen molar-refractivity contribution in [3.05, 3.63) is 101 Å². The Kier molecular flexibility index (Phi) is 6.36. The number of aryl methyl sites for hydroxylation is 1. The molecular weight excluding hydrogens is 400 g/mol. The second-order valence-corrected chi connectivity index (χ2v) is 7.75. The van der Waals surface area contributed by atoms with Gasteiger partial charge in [-0.3, -0.25) is 0 Å². The highest BCUT2D eigenvalue weighted by Gasteiger charge is 2.15. The van der Waals surface area contributed by atoms with Gasteiger partial charge in [0.05, 0.1) is 18.2 Å². The summed E-state index contributed by atoms with van der Waals surface area (Å²) in [5.41, 5.74) is 4.33. The van der Waals surface area contributed by atoms with Crippen molar-refractivity contribution in [3.8, 4) is 5.75 Å². The van der Waals surface area contributed by atoms with E-state index in [1.54, 1.807) is 0 Å². The van der Waals surface area contributed by atoms with Crippen molar-refractivity contribution >= 4 is 22.7 Å². The van der Waals surface area contributed by atoms with E-state index < -0.39 is 0 Å². The molecule has 0 radical (unpaired) electrons. The zero-order valence-corrected chi connectivity index (χ0v) is 18.5. The second kappa shape index (κ2) is 9.52. The number of benzene rings is 3. The number of ether oxygens (including phenoxy) is 2. The van der Waals surface area contributed by atoms with E-state index in [-0.39, 0.29) is 12.6 Å². The SMILES string of the molecule is COC(=O)c1c(C)cccc1COc1cccc(CN(C)c2ccc3ccccc3n2)c1. The molecule has 0 aliphatic heterocycles. The van der Waals surface area contributed by atoms with Crippen LogP contribution in [0.1, 0.15) is 27.0 Å². The van der Waals surface area contributed by atoms with Gasteiger partial charge in [-0.1, -0.05) is 48.5 Å². The van der Waals surface area contributed by atoms with E-state index >= 15 is 0 Å². The summed E-state index contributed by atoms with van der Waals surface area (Å²) in [4.78, 5) is 19.0. The number of para-hydroxylation sites is 1. The molecule has 162 valence electrons. The minimum atomic E-state index is -0.347. The Morgan fingerprint density at radius 3 is 2.62 bits per heavy atom. The topological polar surface area (TPSA) is 51.7 Å². The average molecular weight is 427 g/mol. The maximum Gasteiger partial charge on any atom is 0.338 e. The largest absolute Gasteiger partial charge is 0.489 e. The highest BCUT2D eigenvalue weighted by molar-refractivity contribution is 5.92. The molecule has 4 rings (SSSR count). The third-order valence-corrected chi connectivity index (χ3v) is 5.44. The lowest BCUT2D eigenvalue weighted by Gasteiger charge is -2.19. The van der Waals surface area contributed by atoms with Crippen LogP contribution >= 0.6 is 0 Å². The number of nitrogens with zero attached hydrogens (tertiary/aromatic N) is 2. The van der Waals surface area contributed by atoms with E-state index in [2.05, 4.69) is 23.1 Å². The Bertz CT molecular complexity index is 1250. The standard InChI is InChI=1S/C27H26N2O3/c1-19-8-6-11-22(26(19)27(30)31-3)18-32-23-12-7-9-20(16-23)17-29(2)25-15-14-21-10-4-5-13-24(21)28-25/h4-16H,17-18H2,1-3H3. The number of hydrogen-bond acceptors (Lipinski definition) is 5. The number of hydrogen-bond donors (Lipinski definition) is 0. The van der Waals surface area contributed by atoms with Gasteiger partial charge >= 0.3 is 5.97 Å². The lowest BCUT2D eigenvalue weighted by Crippen LogP contribution is -2.17. The van der Waals surface area contributed by atoms with Crippen LogP contribution in [0.5, 0.6) is 5.75 Å². The fourth-order valence-corrected chi connectivity index (χ4v) is 3.76. The van der Waals surface area contributed by atoms with E-state index in [9.17, 15) is 4.79 Å². The molecule has 1 aromatic heterocycles. The molecule has 5 heteroatoms. The molecule has 0 N–H and O–H groups in total. The van der Waals surface area contributed by atoms with Crippen molar-refractivity contribution < 1.29 is 14.3 Å². The number of fused-ring (bicyclic) bond motifs is 1. The number of carbonyl (C=O) groups is 1. The van der Waals surface area contributed by atoms with Gasteiger partial charge in [0.15, 0.2) is 0 Å². The van der Waals surface area contributed by atoms with Gasteiger partial charge in [-0.15, -0.1) is 0 Å². The molecule has 0 unspecified atom stereocenters. The molecule has 4 aromatic rings. The predicted molar refractivity (Wildman–Crippen MR) is 127 cm³/mol. The summed E-state index contributed by atoms with van der Waals surface area (Å²) in [7, 11) is 3.42. The van der Waals surface area contributed by atoms with Crippen molar-refractivity contribution in [2.75, 3.05) is 19.1 Å². The molecule has 3 aromatic carbocycles. The Hall–Kier alpha value is -3.86. The number of methoxy groups -OCH3 is 1. The van der Waals surface area contributed by atoms with Crippen LogP contribution in [0, 0.1) is 6.92 Å². The van der Waals surface area contributed by atoms with E-state index in [4.69, 9.17) is 14.5 Å². The van der Waals surface area contributed by atoms with Crippen LogP contribution in [0.15, 0.2) is 78.9 Å². The van der Waals surface area contributed by atoms with Gasteiger partial charge in [-0.2, -0.15) is 0 Å². The first-order valence-electron chi connectivity index (χ1n) is 10.5. The summed E-state index contributed by atoms with van der Waals surface area (Å²) < 4.78 is 11.0. The van der Waals surface area contributed by atoms with E-state index in [1.165, 1.54) is 7.11 Å². The zero-order chi connectivity index (χ0) is 22.5. The van der Waals surface area contributed by atoms with Gasteiger partial charge in [-0.05, 0) is 48.4 Å². The summed E-state index contributed by atoms with van der Waals surface area (Å²) in [6, 6.07) is 25.9. The molecule has 0 saturated carbocycles. The summed E-state index contributed by atoms with van der Waals surface area (Å²) in [6.07, 6.45) is 0. The van der Waals surface area contributed by atoms with Crippen LogP contribution in [-0.2, 0) is 17.9 Å². The van der Waals surface area contributed by atoms with E-state index in [0.717, 1.165) is 39.2 Å². The minimum Gasteiger partial charge on any atom is -0.489 e. The Morgan fingerprint density at radius 2 is 1.78 bits per heavy atom. The third-order valence-electron chi connectivity index (χ3n) is 5.44. The van der Waals surface area contributed by atoms with Crippen LogP contribution in [0.2, 0.25) is 0 Å². The number of anilines is 1. The van der Waals surface area contributed by atoms with Gasteiger partial charge < -0.3 is 14.4 Å². The van der Waals surface area contributed by atoms with Crippen LogP contribution in [0.3, 0.4) is 0 Å².